The van der Waals surface area contributed by atoms with E-state index in [-0.39, 0.29) is 12.5 Å². The highest BCUT2D eigenvalue weighted by Crippen LogP contribution is 2.24. The molecule has 0 saturated carbocycles. The zero-order valence-corrected chi connectivity index (χ0v) is 15.1. The van der Waals surface area contributed by atoms with Gasteiger partial charge in [-0.05, 0) is 44.0 Å². The summed E-state index contributed by atoms with van der Waals surface area (Å²) in [6.07, 6.45) is 0. The topological polar surface area (TPSA) is 59.6 Å². The lowest BCUT2D eigenvalue weighted by Crippen LogP contribution is -2.23. The fourth-order valence-corrected chi connectivity index (χ4v) is 2.51. The Morgan fingerprint density at radius 2 is 1.72 bits per heavy atom. The number of nitrogens with one attached hydrogen (secondary N) is 2. The molecule has 0 unspecified atom stereocenters. The van der Waals surface area contributed by atoms with Crippen molar-refractivity contribution in [3.63, 3.8) is 0 Å². The van der Waals surface area contributed by atoms with Gasteiger partial charge in [0.1, 0.15) is 12.4 Å². The number of hydrogen-bond acceptors (Lipinski definition) is 4. The van der Waals surface area contributed by atoms with E-state index in [1.807, 2.05) is 63.2 Å². The molecule has 0 aliphatic rings. The normalized spacial score (nSPS) is 10.4. The minimum absolute atomic E-state index is 0.122. The summed E-state index contributed by atoms with van der Waals surface area (Å²) in [6.45, 7) is 7.81. The van der Waals surface area contributed by atoms with Crippen LogP contribution in [0.2, 0.25) is 0 Å². The van der Waals surface area contributed by atoms with Crippen LogP contribution in [0.25, 0.3) is 0 Å². The lowest BCUT2D eigenvalue weighted by Gasteiger charge is -2.14. The van der Waals surface area contributed by atoms with E-state index in [1.54, 1.807) is 0 Å². The molecule has 0 aliphatic heterocycles. The Labute approximate surface area is 149 Å². The van der Waals surface area contributed by atoms with Gasteiger partial charge in [-0.25, -0.2) is 0 Å². The summed E-state index contributed by atoms with van der Waals surface area (Å²) >= 11 is 0. The van der Waals surface area contributed by atoms with E-state index in [2.05, 4.69) is 10.6 Å². The summed E-state index contributed by atoms with van der Waals surface area (Å²) in [4.78, 5) is 12.3. The average molecular weight is 342 g/mol. The maximum absolute atomic E-state index is 12.3. The molecule has 0 aromatic heterocycles. The van der Waals surface area contributed by atoms with E-state index in [4.69, 9.17) is 9.47 Å². The van der Waals surface area contributed by atoms with E-state index in [9.17, 15) is 4.79 Å². The van der Waals surface area contributed by atoms with Crippen LogP contribution in [0.4, 0.5) is 11.4 Å². The van der Waals surface area contributed by atoms with Crippen LogP contribution in [-0.4, -0.2) is 32.3 Å². The zero-order valence-electron chi connectivity index (χ0n) is 15.1. The number of ether oxygens (including phenoxy) is 2. The molecule has 25 heavy (non-hydrogen) atoms. The fourth-order valence-electron chi connectivity index (χ4n) is 2.51. The second-order valence-electron chi connectivity index (χ2n) is 5.71. The highest BCUT2D eigenvalue weighted by Gasteiger charge is 2.09. The molecule has 2 aromatic carbocycles. The Morgan fingerprint density at radius 3 is 2.44 bits per heavy atom. The summed E-state index contributed by atoms with van der Waals surface area (Å²) in [5.41, 5.74) is 3.89. The summed E-state index contributed by atoms with van der Waals surface area (Å²) in [6, 6.07) is 13.5. The molecule has 2 rings (SSSR count). The highest BCUT2D eigenvalue weighted by molar-refractivity contribution is 5.95. The van der Waals surface area contributed by atoms with Gasteiger partial charge in [0.25, 0.3) is 0 Å². The number of anilines is 2. The molecule has 5 heteroatoms. The standard InChI is InChI=1S/C20H26N2O3/c1-4-24-12-13-25-18-11-6-5-10-17(18)22-19(23)14-21-20-15(2)8-7-9-16(20)3/h5-11,21H,4,12-14H2,1-3H3,(H,22,23). The SMILES string of the molecule is CCOCCOc1ccccc1NC(=O)CNc1c(C)cccc1C. The first-order valence-corrected chi connectivity index (χ1v) is 8.51. The highest BCUT2D eigenvalue weighted by atomic mass is 16.5. The first-order valence-electron chi connectivity index (χ1n) is 8.51. The number of aryl methyl sites for hydroxylation is 2. The van der Waals surface area contributed by atoms with E-state index < -0.39 is 0 Å². The maximum atomic E-state index is 12.3. The van der Waals surface area contributed by atoms with Gasteiger partial charge in [0.2, 0.25) is 5.91 Å². The predicted molar refractivity (Wildman–Crippen MR) is 101 cm³/mol. The lowest BCUT2D eigenvalue weighted by molar-refractivity contribution is -0.114. The van der Waals surface area contributed by atoms with Crippen LogP contribution in [0, 0.1) is 13.8 Å². The molecular weight excluding hydrogens is 316 g/mol. The number of rotatable bonds is 9. The van der Waals surface area contributed by atoms with Crippen LogP contribution in [-0.2, 0) is 9.53 Å². The summed E-state index contributed by atoms with van der Waals surface area (Å²) < 4.78 is 10.9. The smallest absolute Gasteiger partial charge is 0.243 e. The molecule has 2 aromatic rings. The molecule has 0 radical (unpaired) electrons. The van der Waals surface area contributed by atoms with Gasteiger partial charge in [0, 0.05) is 12.3 Å². The molecule has 0 fully saturated rings. The molecule has 5 nitrogen and oxygen atoms in total. The van der Waals surface area contributed by atoms with Crippen LogP contribution in [0.5, 0.6) is 5.75 Å². The third-order valence-electron chi connectivity index (χ3n) is 3.76. The largest absolute Gasteiger partial charge is 0.489 e. The number of hydrogen-bond donors (Lipinski definition) is 2. The van der Waals surface area contributed by atoms with Gasteiger partial charge in [-0.1, -0.05) is 30.3 Å². The van der Waals surface area contributed by atoms with Crippen molar-refractivity contribution in [3.05, 3.63) is 53.6 Å². The third kappa shape index (κ3) is 5.80. The average Bonchev–Trinajstić information content (AvgIpc) is 2.59. The molecule has 0 saturated heterocycles. The molecule has 0 spiro atoms. The van der Waals surface area contributed by atoms with Crippen LogP contribution in [0.1, 0.15) is 18.1 Å². The van der Waals surface area contributed by atoms with E-state index in [0.29, 0.717) is 31.3 Å². The predicted octanol–water partition coefficient (Wildman–Crippen LogP) is 3.77. The van der Waals surface area contributed by atoms with Crippen molar-refractivity contribution in [2.75, 3.05) is 37.0 Å². The Kier molecular flexibility index (Phi) is 7.29. The van der Waals surface area contributed by atoms with Crippen LogP contribution in [0.15, 0.2) is 42.5 Å². The van der Waals surface area contributed by atoms with Crippen LogP contribution in [0.3, 0.4) is 0 Å². The number of carbonyl (C=O) groups is 1. The molecule has 2 N–H and O–H groups in total. The second kappa shape index (κ2) is 9.69. The third-order valence-corrected chi connectivity index (χ3v) is 3.76. The van der Waals surface area contributed by atoms with Crippen molar-refractivity contribution < 1.29 is 14.3 Å². The zero-order chi connectivity index (χ0) is 18.1. The molecule has 0 bridgehead atoms. The molecule has 1 amide bonds. The number of amides is 1. The van der Waals surface area contributed by atoms with Gasteiger partial charge in [-0.15, -0.1) is 0 Å². The molecule has 134 valence electrons. The molecule has 0 atom stereocenters. The first kappa shape index (κ1) is 18.8. The Hall–Kier alpha value is -2.53. The lowest BCUT2D eigenvalue weighted by atomic mass is 10.1. The van der Waals surface area contributed by atoms with Crippen molar-refractivity contribution in [1.82, 2.24) is 0 Å². The second-order valence-corrected chi connectivity index (χ2v) is 5.71. The molecular formula is C20H26N2O3. The van der Waals surface area contributed by atoms with Crippen molar-refractivity contribution >= 4 is 17.3 Å². The number of carbonyl (C=O) groups excluding carboxylic acids is 1. The Morgan fingerprint density at radius 1 is 1.00 bits per heavy atom. The van der Waals surface area contributed by atoms with Gasteiger partial charge in [0.15, 0.2) is 0 Å². The van der Waals surface area contributed by atoms with Crippen molar-refractivity contribution in [2.45, 2.75) is 20.8 Å². The number of benzene rings is 2. The minimum atomic E-state index is -0.122. The summed E-state index contributed by atoms with van der Waals surface area (Å²) in [5.74, 6) is 0.520. The van der Waals surface area contributed by atoms with Gasteiger partial charge in [-0.3, -0.25) is 4.79 Å². The van der Waals surface area contributed by atoms with Crippen LogP contribution < -0.4 is 15.4 Å². The fraction of sp³-hybridized carbons (Fsp3) is 0.350. The number of para-hydroxylation sites is 3. The molecule has 0 heterocycles. The van der Waals surface area contributed by atoms with Gasteiger partial charge >= 0.3 is 0 Å². The van der Waals surface area contributed by atoms with Crippen molar-refractivity contribution in [2.24, 2.45) is 0 Å². The maximum Gasteiger partial charge on any atom is 0.243 e. The van der Waals surface area contributed by atoms with E-state index in [0.717, 1.165) is 16.8 Å². The first-order chi connectivity index (χ1) is 12.1. The van der Waals surface area contributed by atoms with E-state index in [1.165, 1.54) is 0 Å². The summed E-state index contributed by atoms with van der Waals surface area (Å²) in [7, 11) is 0. The Bertz CT molecular complexity index is 681. The van der Waals surface area contributed by atoms with Gasteiger partial charge < -0.3 is 20.1 Å². The van der Waals surface area contributed by atoms with Crippen molar-refractivity contribution in [1.29, 1.82) is 0 Å². The van der Waals surface area contributed by atoms with Crippen LogP contribution >= 0.6 is 0 Å². The molecule has 0 aliphatic carbocycles. The van der Waals surface area contributed by atoms with E-state index >= 15 is 0 Å². The van der Waals surface area contributed by atoms with Crippen molar-refractivity contribution in [3.8, 4) is 5.75 Å². The Balaban J connectivity index is 1.92. The van der Waals surface area contributed by atoms with Gasteiger partial charge in [0.05, 0.1) is 18.8 Å². The minimum Gasteiger partial charge on any atom is -0.489 e. The quantitative estimate of drug-likeness (QED) is 0.681. The summed E-state index contributed by atoms with van der Waals surface area (Å²) in [5, 5.41) is 6.10. The monoisotopic (exact) mass is 342 g/mol. The van der Waals surface area contributed by atoms with Gasteiger partial charge in [-0.2, -0.15) is 0 Å².